The van der Waals surface area contributed by atoms with Gasteiger partial charge in [-0.25, -0.2) is 0 Å². The predicted octanol–water partition coefficient (Wildman–Crippen LogP) is 5.99. The molecule has 8 heteroatoms. The van der Waals surface area contributed by atoms with Crippen LogP contribution in [0.3, 0.4) is 0 Å². The Kier molecular flexibility index (Phi) is 8.60. The molecule has 0 aromatic rings. The van der Waals surface area contributed by atoms with Crippen LogP contribution in [0.5, 0.6) is 0 Å². The van der Waals surface area contributed by atoms with Gasteiger partial charge < -0.3 is 16.5 Å². The van der Waals surface area contributed by atoms with E-state index in [9.17, 15) is 0 Å². The largest absolute Gasteiger partial charge is 0.416 e. The Morgan fingerprint density at radius 3 is 0.708 bits per heavy atom. The maximum absolute atomic E-state index is 6.85. The first kappa shape index (κ1) is 22.7. The minimum Gasteiger partial charge on any atom is -0.416 e. The van der Waals surface area contributed by atoms with Gasteiger partial charge in [0.25, 0.3) is 0 Å². The van der Waals surface area contributed by atoms with Crippen LogP contribution in [-0.4, -0.2) is 34.2 Å². The molecule has 0 saturated carbocycles. The van der Waals surface area contributed by atoms with Crippen molar-refractivity contribution in [1.82, 2.24) is 0 Å². The molecule has 1 aliphatic rings. The van der Waals surface area contributed by atoms with Crippen molar-refractivity contribution in [2.45, 2.75) is 104 Å². The second-order valence-corrected chi connectivity index (χ2v) is 22.3. The van der Waals surface area contributed by atoms with E-state index in [1.807, 2.05) is 0 Å². The lowest BCUT2D eigenvalue weighted by Gasteiger charge is -2.50. The third-order valence-electron chi connectivity index (χ3n) is 4.54. The average Bonchev–Trinajstić information content (AvgIpc) is 2.35. The normalized spacial score (nSPS) is 41.0. The summed E-state index contributed by atoms with van der Waals surface area (Å²) in [6.07, 6.45) is 4.39. The summed E-state index contributed by atoms with van der Waals surface area (Å²) >= 11 is 0. The molecule has 24 heavy (non-hydrogen) atoms. The summed E-state index contributed by atoms with van der Waals surface area (Å²) in [6, 6.07) is 4.13. The van der Waals surface area contributed by atoms with Crippen LogP contribution in [0.1, 0.15) is 53.4 Å². The van der Waals surface area contributed by atoms with E-state index in [1.165, 1.54) is 0 Å². The maximum Gasteiger partial charge on any atom is 0.317 e. The Bertz CT molecular complexity index is 314. The van der Waals surface area contributed by atoms with Crippen LogP contribution < -0.4 is 0 Å². The summed E-state index contributed by atoms with van der Waals surface area (Å²) < 4.78 is 27.4. The quantitative estimate of drug-likeness (QED) is 0.462. The van der Waals surface area contributed by atoms with Gasteiger partial charge in [-0.3, -0.25) is 0 Å². The van der Waals surface area contributed by atoms with E-state index in [1.54, 1.807) is 0 Å². The van der Waals surface area contributed by atoms with Crippen LogP contribution in [0, 0.1) is 0 Å². The van der Waals surface area contributed by atoms with E-state index < -0.39 is 34.2 Å². The summed E-state index contributed by atoms with van der Waals surface area (Å²) in [6.45, 7) is 17.9. The summed E-state index contributed by atoms with van der Waals surface area (Å²) in [5, 5.41) is 0. The van der Waals surface area contributed by atoms with Crippen molar-refractivity contribution in [2.75, 3.05) is 0 Å². The molecule has 0 atom stereocenters. The van der Waals surface area contributed by atoms with Gasteiger partial charge >= 0.3 is 34.2 Å². The van der Waals surface area contributed by atoms with Crippen molar-refractivity contribution >= 4 is 34.2 Å². The van der Waals surface area contributed by atoms with Gasteiger partial charge in [0.15, 0.2) is 0 Å². The molecule has 1 aliphatic heterocycles. The van der Waals surface area contributed by atoms with Crippen LogP contribution in [0.25, 0.3) is 0 Å². The first-order valence-corrected chi connectivity index (χ1v) is 20.0. The molecule has 0 aromatic carbocycles. The van der Waals surface area contributed by atoms with Crippen molar-refractivity contribution in [3.05, 3.63) is 0 Å². The highest BCUT2D eigenvalue weighted by Gasteiger charge is 2.55. The highest BCUT2D eigenvalue weighted by Crippen LogP contribution is 2.38. The zero-order valence-corrected chi connectivity index (χ0v) is 21.3. The monoisotopic (exact) mass is 408 g/mol. The molecule has 0 aliphatic carbocycles. The molecule has 0 amide bonds. The van der Waals surface area contributed by atoms with Crippen molar-refractivity contribution in [3.8, 4) is 0 Å². The van der Waals surface area contributed by atoms with Gasteiger partial charge in [0.2, 0.25) is 0 Å². The third kappa shape index (κ3) is 6.46. The summed E-state index contributed by atoms with van der Waals surface area (Å²) in [5.74, 6) is 0. The smallest absolute Gasteiger partial charge is 0.317 e. The van der Waals surface area contributed by atoms with Crippen LogP contribution >= 0.6 is 0 Å². The molecule has 0 aromatic heterocycles. The molecule has 1 fully saturated rings. The van der Waals surface area contributed by atoms with E-state index in [4.69, 9.17) is 16.5 Å². The van der Waals surface area contributed by atoms with Gasteiger partial charge in [0, 0.05) is 0 Å². The second-order valence-electron chi connectivity index (χ2n) is 7.94. The van der Waals surface area contributed by atoms with Crippen molar-refractivity contribution in [3.63, 3.8) is 0 Å². The lowest BCUT2D eigenvalue weighted by atomic mass is 10.6. The molecule has 0 spiro atoms. The number of hydrogen-bond donors (Lipinski definition) is 0. The van der Waals surface area contributed by atoms with E-state index >= 15 is 0 Å². The summed E-state index contributed by atoms with van der Waals surface area (Å²) in [4.78, 5) is 0. The molecule has 0 unspecified atom stereocenters. The number of hydrogen-bond acceptors (Lipinski definition) is 4. The molecular formula is C16H40O4Si4. The van der Waals surface area contributed by atoms with Gasteiger partial charge in [0.05, 0.1) is 0 Å². The maximum atomic E-state index is 6.85. The predicted molar refractivity (Wildman–Crippen MR) is 111 cm³/mol. The zero-order chi connectivity index (χ0) is 18.5. The van der Waals surface area contributed by atoms with Gasteiger partial charge in [-0.1, -0.05) is 53.4 Å². The minimum absolute atomic E-state index is 1.03. The summed E-state index contributed by atoms with van der Waals surface area (Å²) in [7, 11) is -9.02. The lowest BCUT2D eigenvalue weighted by molar-refractivity contribution is 0.221. The Morgan fingerprint density at radius 2 is 0.583 bits per heavy atom. The highest BCUT2D eigenvalue weighted by molar-refractivity contribution is 6.93. The average molecular weight is 409 g/mol. The Morgan fingerprint density at radius 1 is 0.417 bits per heavy atom. The fourth-order valence-corrected chi connectivity index (χ4v) is 27.8. The van der Waals surface area contributed by atoms with Gasteiger partial charge in [-0.05, 0) is 50.4 Å². The SMILES string of the molecule is CCC[Si]1(C)O[Si](C)(CCC)O[Si](C)(CCC)O[Si](C)(CCC)O1. The number of rotatable bonds is 8. The fourth-order valence-electron chi connectivity index (χ4n) is 4.13. The van der Waals surface area contributed by atoms with Crippen LogP contribution in [0.4, 0.5) is 0 Å². The molecule has 1 heterocycles. The van der Waals surface area contributed by atoms with E-state index in [0.29, 0.717) is 0 Å². The molecule has 1 rings (SSSR count). The molecule has 0 N–H and O–H groups in total. The first-order valence-electron chi connectivity index (χ1n) is 9.88. The molecule has 144 valence electrons. The van der Waals surface area contributed by atoms with E-state index in [0.717, 1.165) is 49.9 Å². The van der Waals surface area contributed by atoms with Gasteiger partial charge in [0.1, 0.15) is 0 Å². The van der Waals surface area contributed by atoms with Crippen LogP contribution in [0.2, 0.25) is 50.4 Å². The van der Waals surface area contributed by atoms with Crippen molar-refractivity contribution < 1.29 is 16.5 Å². The molecule has 1 saturated heterocycles. The fraction of sp³-hybridized carbons (Fsp3) is 1.00. The Labute approximate surface area is 154 Å². The third-order valence-corrected chi connectivity index (χ3v) is 24.0. The zero-order valence-electron chi connectivity index (χ0n) is 17.3. The van der Waals surface area contributed by atoms with Crippen LogP contribution in [-0.2, 0) is 16.5 Å². The van der Waals surface area contributed by atoms with E-state index in [2.05, 4.69) is 53.9 Å². The highest BCUT2D eigenvalue weighted by atomic mass is 28.5. The molecule has 0 radical (unpaired) electrons. The molecule has 0 bridgehead atoms. The second kappa shape index (κ2) is 9.07. The summed E-state index contributed by atoms with van der Waals surface area (Å²) in [5.41, 5.74) is 0. The standard InChI is InChI=1S/C16H40O4Si4/c1-9-13-21(5)17-22(6,14-10-2)19-24(8,16-12-4)20-23(7,18-21)15-11-3/h9-16H2,1-8H3. The Hall–Kier alpha value is 0.708. The van der Waals surface area contributed by atoms with Crippen molar-refractivity contribution in [1.29, 1.82) is 0 Å². The Balaban J connectivity index is 3.24. The lowest BCUT2D eigenvalue weighted by Crippen LogP contribution is -2.67. The van der Waals surface area contributed by atoms with Crippen LogP contribution in [0.15, 0.2) is 0 Å². The molecule has 4 nitrogen and oxygen atoms in total. The first-order chi connectivity index (χ1) is 11.1. The topological polar surface area (TPSA) is 36.9 Å². The van der Waals surface area contributed by atoms with Gasteiger partial charge in [-0.15, -0.1) is 0 Å². The van der Waals surface area contributed by atoms with E-state index in [-0.39, 0.29) is 0 Å². The minimum atomic E-state index is -2.25. The van der Waals surface area contributed by atoms with Crippen molar-refractivity contribution in [2.24, 2.45) is 0 Å². The molecular weight excluding hydrogens is 369 g/mol. The van der Waals surface area contributed by atoms with Gasteiger partial charge in [-0.2, -0.15) is 0 Å².